The van der Waals surface area contributed by atoms with Crippen LogP contribution in [0.3, 0.4) is 0 Å². The Morgan fingerprint density at radius 1 is 0.829 bits per heavy atom. The number of pyridine rings is 1. The van der Waals surface area contributed by atoms with Gasteiger partial charge in [-0.2, -0.15) is 0 Å². The monoisotopic (exact) mass is 499 g/mol. The zero-order valence-corrected chi connectivity index (χ0v) is 20.8. The normalized spacial score (nSPS) is 11.6. The summed E-state index contributed by atoms with van der Waals surface area (Å²) in [6.45, 7) is 4.08. The van der Waals surface area contributed by atoms with Gasteiger partial charge >= 0.3 is 0 Å². The van der Waals surface area contributed by atoms with E-state index in [1.807, 2.05) is 31.2 Å². The smallest absolute Gasteiger partial charge is 0.184 e. The molecule has 3 aromatic carbocycles. The van der Waals surface area contributed by atoms with Gasteiger partial charge in [-0.3, -0.25) is 4.98 Å². The molecule has 0 radical (unpaired) electrons. The standard InChI is InChI=1S/C28H22ClN3O2S/c1-18-11-22(14-23(29)12-18)20-3-5-26(19(2)13-20)28-27-6-4-25(15-21(27)7-10-31-28)35(33,34)16-24-8-9-30-17-32-24/h3-15,17H,16H2,1-2H3. The minimum Gasteiger partial charge on any atom is -0.256 e. The van der Waals surface area contributed by atoms with E-state index in [9.17, 15) is 8.42 Å². The van der Waals surface area contributed by atoms with E-state index in [0.29, 0.717) is 10.7 Å². The Hall–Kier alpha value is -3.61. The van der Waals surface area contributed by atoms with Gasteiger partial charge in [0.2, 0.25) is 0 Å². The Kier molecular flexibility index (Phi) is 6.09. The minimum atomic E-state index is -3.56. The highest BCUT2D eigenvalue weighted by Crippen LogP contribution is 2.34. The van der Waals surface area contributed by atoms with E-state index >= 15 is 0 Å². The Labute approximate surface area is 209 Å². The second-order valence-corrected chi connectivity index (χ2v) is 11.0. The van der Waals surface area contributed by atoms with Crippen LogP contribution in [0.4, 0.5) is 0 Å². The van der Waals surface area contributed by atoms with Crippen molar-refractivity contribution in [2.75, 3.05) is 0 Å². The van der Waals surface area contributed by atoms with Gasteiger partial charge in [0.05, 0.1) is 22.0 Å². The van der Waals surface area contributed by atoms with Gasteiger partial charge in [0, 0.05) is 28.4 Å². The molecule has 0 bridgehead atoms. The van der Waals surface area contributed by atoms with E-state index in [2.05, 4.69) is 46.1 Å². The van der Waals surface area contributed by atoms with Gasteiger partial charge in [-0.1, -0.05) is 41.9 Å². The maximum absolute atomic E-state index is 13.0. The fourth-order valence-corrected chi connectivity index (χ4v) is 5.86. The van der Waals surface area contributed by atoms with Crippen molar-refractivity contribution < 1.29 is 8.42 Å². The van der Waals surface area contributed by atoms with E-state index in [0.717, 1.165) is 44.3 Å². The summed E-state index contributed by atoms with van der Waals surface area (Å²) < 4.78 is 26.0. The largest absolute Gasteiger partial charge is 0.256 e. The third-order valence-corrected chi connectivity index (χ3v) is 7.80. The van der Waals surface area contributed by atoms with Crippen molar-refractivity contribution in [2.24, 2.45) is 0 Å². The maximum Gasteiger partial charge on any atom is 0.184 e. The molecule has 2 heterocycles. The van der Waals surface area contributed by atoms with Crippen LogP contribution in [-0.2, 0) is 15.6 Å². The number of aryl methyl sites for hydroxylation is 2. The van der Waals surface area contributed by atoms with Gasteiger partial charge in [-0.15, -0.1) is 0 Å². The molecule has 0 saturated carbocycles. The van der Waals surface area contributed by atoms with E-state index in [1.54, 1.807) is 24.4 Å². The molecule has 0 aliphatic carbocycles. The fourth-order valence-electron chi connectivity index (χ4n) is 4.26. The van der Waals surface area contributed by atoms with Crippen molar-refractivity contribution in [3.8, 4) is 22.4 Å². The molecule has 0 unspecified atom stereocenters. The summed E-state index contributed by atoms with van der Waals surface area (Å²) in [5, 5.41) is 2.42. The lowest BCUT2D eigenvalue weighted by atomic mass is 9.95. The van der Waals surface area contributed by atoms with Crippen LogP contribution in [0, 0.1) is 13.8 Å². The third-order valence-electron chi connectivity index (χ3n) is 5.93. The number of rotatable bonds is 5. The van der Waals surface area contributed by atoms with Crippen LogP contribution in [0.5, 0.6) is 0 Å². The van der Waals surface area contributed by atoms with Gasteiger partial charge < -0.3 is 0 Å². The lowest BCUT2D eigenvalue weighted by Crippen LogP contribution is -2.06. The van der Waals surface area contributed by atoms with Crippen molar-refractivity contribution >= 4 is 32.2 Å². The topological polar surface area (TPSA) is 72.8 Å². The van der Waals surface area contributed by atoms with Crippen molar-refractivity contribution in [1.29, 1.82) is 0 Å². The Morgan fingerprint density at radius 2 is 1.69 bits per heavy atom. The van der Waals surface area contributed by atoms with E-state index in [4.69, 9.17) is 11.6 Å². The number of nitrogens with zero attached hydrogens (tertiary/aromatic N) is 3. The van der Waals surface area contributed by atoms with Crippen LogP contribution in [0.15, 0.2) is 90.3 Å². The van der Waals surface area contributed by atoms with E-state index in [-0.39, 0.29) is 10.6 Å². The molecule has 0 aliphatic rings. The molecule has 5 aromatic rings. The molecular formula is C28H22ClN3O2S. The van der Waals surface area contributed by atoms with Crippen LogP contribution >= 0.6 is 11.6 Å². The molecular weight excluding hydrogens is 478 g/mol. The number of benzene rings is 3. The second kappa shape index (κ2) is 9.21. The molecule has 5 nitrogen and oxygen atoms in total. The van der Waals surface area contributed by atoms with Crippen molar-refractivity contribution in [2.45, 2.75) is 24.5 Å². The molecule has 0 spiro atoms. The predicted molar refractivity (Wildman–Crippen MR) is 140 cm³/mol. The van der Waals surface area contributed by atoms with Gasteiger partial charge in [-0.25, -0.2) is 18.4 Å². The zero-order chi connectivity index (χ0) is 24.6. The summed E-state index contributed by atoms with van der Waals surface area (Å²) in [5.74, 6) is -0.178. The number of aromatic nitrogens is 3. The average Bonchev–Trinajstić information content (AvgIpc) is 2.83. The number of hydrogen-bond donors (Lipinski definition) is 0. The fraction of sp³-hybridized carbons (Fsp3) is 0.107. The van der Waals surface area contributed by atoms with Crippen LogP contribution in [0.1, 0.15) is 16.8 Å². The number of hydrogen-bond acceptors (Lipinski definition) is 5. The summed E-state index contributed by atoms with van der Waals surface area (Å²) >= 11 is 6.26. The third kappa shape index (κ3) is 4.81. The highest BCUT2D eigenvalue weighted by atomic mass is 35.5. The molecule has 0 N–H and O–H groups in total. The van der Waals surface area contributed by atoms with Crippen molar-refractivity contribution in [1.82, 2.24) is 15.0 Å². The van der Waals surface area contributed by atoms with E-state index < -0.39 is 9.84 Å². The first kappa shape index (κ1) is 23.1. The highest BCUT2D eigenvalue weighted by Gasteiger charge is 2.18. The average molecular weight is 500 g/mol. The summed E-state index contributed by atoms with van der Waals surface area (Å²) in [4.78, 5) is 12.8. The first-order chi connectivity index (χ1) is 16.8. The quantitative estimate of drug-likeness (QED) is 0.272. The zero-order valence-electron chi connectivity index (χ0n) is 19.2. The Bertz CT molecular complexity index is 1650. The van der Waals surface area contributed by atoms with Crippen LogP contribution in [0.2, 0.25) is 5.02 Å². The summed E-state index contributed by atoms with van der Waals surface area (Å²) in [7, 11) is -3.56. The first-order valence-corrected chi connectivity index (χ1v) is 13.1. The van der Waals surface area contributed by atoms with Gasteiger partial charge in [0.1, 0.15) is 6.33 Å². The molecule has 7 heteroatoms. The highest BCUT2D eigenvalue weighted by molar-refractivity contribution is 7.90. The number of sulfone groups is 1. The summed E-state index contributed by atoms with van der Waals surface area (Å²) in [6, 6.07) is 20.9. The molecule has 174 valence electrons. The predicted octanol–water partition coefficient (Wildman–Crippen LogP) is 6.60. The molecule has 0 amide bonds. The molecule has 0 fully saturated rings. The van der Waals surface area contributed by atoms with E-state index in [1.165, 1.54) is 12.5 Å². The van der Waals surface area contributed by atoms with Crippen molar-refractivity contribution in [3.63, 3.8) is 0 Å². The lowest BCUT2D eigenvalue weighted by Gasteiger charge is -2.12. The summed E-state index contributed by atoms with van der Waals surface area (Å²) in [6.07, 6.45) is 4.61. The second-order valence-electron chi connectivity index (χ2n) is 8.55. The number of halogens is 1. The first-order valence-electron chi connectivity index (χ1n) is 11.1. The molecule has 5 rings (SSSR count). The summed E-state index contributed by atoms with van der Waals surface area (Å²) in [5.41, 5.74) is 6.59. The maximum atomic E-state index is 13.0. The molecule has 0 aliphatic heterocycles. The molecule has 35 heavy (non-hydrogen) atoms. The number of fused-ring (bicyclic) bond motifs is 1. The molecule has 0 saturated heterocycles. The lowest BCUT2D eigenvalue weighted by molar-refractivity contribution is 0.594. The minimum absolute atomic E-state index is 0.178. The van der Waals surface area contributed by atoms with Crippen LogP contribution in [-0.4, -0.2) is 23.4 Å². The SMILES string of the molecule is Cc1cc(Cl)cc(-c2ccc(-c3nccc4cc(S(=O)(=O)Cc5ccncn5)ccc34)c(C)c2)c1. The van der Waals surface area contributed by atoms with Crippen LogP contribution in [0.25, 0.3) is 33.2 Å². The Balaban J connectivity index is 1.53. The van der Waals surface area contributed by atoms with Crippen molar-refractivity contribution in [3.05, 3.63) is 107 Å². The van der Waals surface area contributed by atoms with Gasteiger partial charge in [0.15, 0.2) is 9.84 Å². The molecule has 0 atom stereocenters. The van der Waals surface area contributed by atoms with Crippen LogP contribution < -0.4 is 0 Å². The van der Waals surface area contributed by atoms with Gasteiger partial charge in [-0.05, 0) is 77.9 Å². The Morgan fingerprint density at radius 3 is 2.43 bits per heavy atom. The molecule has 2 aromatic heterocycles. The van der Waals surface area contributed by atoms with Gasteiger partial charge in [0.25, 0.3) is 0 Å².